The Morgan fingerprint density at radius 1 is 0.985 bits per heavy atom. The summed E-state index contributed by atoms with van der Waals surface area (Å²) < 4.78 is 48.3. The maximum atomic E-state index is 13.5. The van der Waals surface area contributed by atoms with E-state index in [1.807, 2.05) is 30.3 Å². The molecule has 8 rings (SSSR count). The molecule has 4 heterocycles. The molecule has 3 aromatic carbocycles. The van der Waals surface area contributed by atoms with E-state index in [1.54, 1.807) is 75.2 Å². The van der Waals surface area contributed by atoms with Crippen molar-refractivity contribution in [3.05, 3.63) is 124 Å². The molecule has 2 aliphatic rings. The van der Waals surface area contributed by atoms with Gasteiger partial charge in [0.25, 0.3) is 11.5 Å². The van der Waals surface area contributed by atoms with E-state index in [2.05, 4.69) is 63.7 Å². The Bertz CT molecular complexity index is 2960. The number of aromatic nitrogens is 4. The lowest BCUT2D eigenvalue weighted by molar-refractivity contribution is -0.164. The van der Waals surface area contributed by atoms with Crippen molar-refractivity contribution in [2.45, 2.75) is 72.3 Å². The van der Waals surface area contributed by atoms with Gasteiger partial charge in [0.2, 0.25) is 16.0 Å². The Labute approximate surface area is 382 Å². The normalized spacial score (nSPS) is 18.1. The molecule has 0 bridgehead atoms. The predicted octanol–water partition coefficient (Wildman–Crippen LogP) is 8.20. The lowest BCUT2D eigenvalue weighted by Gasteiger charge is -2.63. The smallest absolute Gasteiger partial charge is 0.274 e. The number of carbonyl (C=O) groups excluding carboxylic acids is 1. The molecule has 17 heteroatoms. The summed E-state index contributed by atoms with van der Waals surface area (Å²) in [6.45, 7) is 11.5. The number of hydrogen-bond acceptors (Lipinski definition) is 11. The van der Waals surface area contributed by atoms with Crippen LogP contribution < -0.4 is 30.0 Å². The molecule has 1 aliphatic carbocycles. The second-order valence-corrected chi connectivity index (χ2v) is 20.2. The summed E-state index contributed by atoms with van der Waals surface area (Å²) in [7, 11) is -1.88. The largest absolute Gasteiger partial charge is 0.489 e. The zero-order chi connectivity index (χ0) is 46.3. The van der Waals surface area contributed by atoms with Crippen molar-refractivity contribution in [1.29, 1.82) is 5.26 Å². The zero-order valence-electron chi connectivity index (χ0n) is 37.0. The first-order valence-electron chi connectivity index (χ1n) is 21.4. The van der Waals surface area contributed by atoms with Crippen LogP contribution in [0.25, 0.3) is 22.0 Å². The molecule has 1 saturated carbocycles. The number of anilines is 2. The first-order chi connectivity index (χ1) is 31.0. The average Bonchev–Trinajstić information content (AvgIpc) is 3.79. The number of carbonyl (C=O) groups is 1. The number of nitrogens with one attached hydrogen (secondary N) is 3. The molecule has 2 fully saturated rings. The monoisotopic (exact) mass is 918 g/mol. The molecule has 3 N–H and O–H groups in total. The van der Waals surface area contributed by atoms with Crippen LogP contribution >= 0.6 is 11.6 Å². The lowest BCUT2D eigenvalue weighted by Crippen LogP contribution is -2.74. The Balaban J connectivity index is 0.862. The Morgan fingerprint density at radius 3 is 2.42 bits per heavy atom. The fourth-order valence-electron chi connectivity index (χ4n) is 9.30. The van der Waals surface area contributed by atoms with Crippen molar-refractivity contribution < 1.29 is 27.4 Å². The summed E-state index contributed by atoms with van der Waals surface area (Å²) in [4.78, 5) is 40.6. The third-order valence-corrected chi connectivity index (χ3v) is 14.1. The molecule has 1 amide bonds. The number of aromatic amines is 1. The summed E-state index contributed by atoms with van der Waals surface area (Å²) in [6, 6.07) is 21.4. The van der Waals surface area contributed by atoms with E-state index in [9.17, 15) is 23.3 Å². The third kappa shape index (κ3) is 9.27. The highest BCUT2D eigenvalue weighted by Crippen LogP contribution is 2.55. The molecule has 65 heavy (non-hydrogen) atoms. The molecule has 0 spiro atoms. The summed E-state index contributed by atoms with van der Waals surface area (Å²) in [5.74, 6) is 1.82. The first-order valence-corrected chi connectivity index (χ1v) is 23.4. The van der Waals surface area contributed by atoms with Crippen molar-refractivity contribution in [3.63, 3.8) is 0 Å². The number of fused-ring (bicyclic) bond motifs is 1. The number of halogens is 1. The van der Waals surface area contributed by atoms with Gasteiger partial charge in [0.1, 0.15) is 34.9 Å². The second kappa shape index (κ2) is 17.9. The van der Waals surface area contributed by atoms with E-state index in [-0.39, 0.29) is 35.5 Å². The van der Waals surface area contributed by atoms with Crippen molar-refractivity contribution >= 4 is 50.1 Å². The van der Waals surface area contributed by atoms with Crippen LogP contribution in [-0.2, 0) is 28.4 Å². The zero-order valence-corrected chi connectivity index (χ0v) is 38.6. The fraction of sp³-hybridized carbons (Fsp3) is 0.354. The molecular weight excluding hydrogens is 868 g/mol. The number of benzene rings is 3. The highest BCUT2D eigenvalue weighted by Gasteiger charge is 2.64. The molecule has 15 nitrogen and oxygen atoms in total. The third-order valence-electron chi connectivity index (χ3n) is 12.5. The van der Waals surface area contributed by atoms with Gasteiger partial charge in [-0.15, -0.1) is 0 Å². The fourth-order valence-corrected chi connectivity index (χ4v) is 10.1. The van der Waals surface area contributed by atoms with E-state index < -0.39 is 20.9 Å². The van der Waals surface area contributed by atoms with Crippen LogP contribution in [0, 0.1) is 22.2 Å². The topological polar surface area (TPSA) is 194 Å². The van der Waals surface area contributed by atoms with Gasteiger partial charge in [0.15, 0.2) is 0 Å². The minimum atomic E-state index is -3.55. The van der Waals surface area contributed by atoms with Crippen LogP contribution in [0.1, 0.15) is 68.9 Å². The summed E-state index contributed by atoms with van der Waals surface area (Å²) in [6.07, 6.45) is 7.85. The predicted molar refractivity (Wildman–Crippen MR) is 250 cm³/mol. The van der Waals surface area contributed by atoms with Crippen LogP contribution in [0.5, 0.6) is 17.2 Å². The van der Waals surface area contributed by atoms with E-state index in [0.717, 1.165) is 18.4 Å². The average molecular weight is 920 g/mol. The van der Waals surface area contributed by atoms with Gasteiger partial charge in [-0.3, -0.25) is 14.3 Å². The maximum absolute atomic E-state index is 13.5. The molecule has 1 saturated heterocycles. The van der Waals surface area contributed by atoms with Gasteiger partial charge in [-0.05, 0) is 73.9 Å². The number of amides is 1. The van der Waals surface area contributed by atoms with Gasteiger partial charge < -0.3 is 34.0 Å². The standard InChI is InChI=1S/C48H51ClN8O7S/c1-7-65(60,61)55-32-12-14-40(37(22-32)38-27-56(6)43(59)41-36(38)15-18-51-41)63-34-10-8-9-29(21-34)28-62-33-16-19-57(20-17-33)46-52-25-31(26-53-46)42(58)54-44-47(2,3)45(48(44,4)5)64-35-13-11-30(24-50)39(49)23-35/h8-15,18,21-23,25-27,33,44-45,51,55H,7,16-17,19-20,28H2,1-6H3,(H,54,58)/t44-,45-. The molecule has 338 valence electrons. The Hall–Kier alpha value is -6.41. The number of sulfonamides is 1. The second-order valence-electron chi connectivity index (χ2n) is 17.8. The highest BCUT2D eigenvalue weighted by atomic mass is 35.5. The Kier molecular flexibility index (Phi) is 12.4. The number of aryl methyl sites for hydroxylation is 1. The number of nitrogens with zero attached hydrogens (tertiary/aromatic N) is 5. The van der Waals surface area contributed by atoms with Crippen LogP contribution in [-0.4, -0.2) is 70.9 Å². The van der Waals surface area contributed by atoms with Crippen LogP contribution in [0.2, 0.25) is 5.02 Å². The van der Waals surface area contributed by atoms with Gasteiger partial charge >= 0.3 is 0 Å². The molecule has 0 radical (unpaired) electrons. The summed E-state index contributed by atoms with van der Waals surface area (Å²) in [5, 5.41) is 13.4. The van der Waals surface area contributed by atoms with Gasteiger partial charge in [-0.1, -0.05) is 51.4 Å². The SMILES string of the molecule is CCS(=O)(=O)Nc1ccc(Oc2cccc(COC3CCN(c4ncc(C(=O)N[C@H]5C(C)(C)[C@H](Oc6ccc(C#N)c(Cl)c6)C5(C)C)cn4)CC3)c2)c(-c2cn(C)c(=O)c3[nH]ccc23)c1. The van der Waals surface area contributed by atoms with Crippen LogP contribution in [0.15, 0.2) is 96.3 Å². The van der Waals surface area contributed by atoms with Gasteiger partial charge in [-0.2, -0.15) is 5.26 Å². The number of hydrogen-bond donors (Lipinski definition) is 3. The minimum absolute atomic E-state index is 0.0105. The molecule has 0 unspecified atom stereocenters. The van der Waals surface area contributed by atoms with E-state index in [4.69, 9.17) is 25.8 Å². The van der Waals surface area contributed by atoms with E-state index in [1.165, 1.54) is 4.57 Å². The quantitative estimate of drug-likeness (QED) is 0.0954. The van der Waals surface area contributed by atoms with Gasteiger partial charge in [0, 0.05) is 90.1 Å². The molecule has 3 aromatic heterocycles. The highest BCUT2D eigenvalue weighted by molar-refractivity contribution is 7.92. The van der Waals surface area contributed by atoms with Crippen molar-refractivity contribution in [2.24, 2.45) is 17.9 Å². The Morgan fingerprint density at radius 2 is 1.72 bits per heavy atom. The molecule has 6 aromatic rings. The maximum Gasteiger partial charge on any atom is 0.274 e. The number of piperidine rings is 1. The number of pyridine rings is 1. The van der Waals surface area contributed by atoms with Crippen molar-refractivity contribution in [3.8, 4) is 34.4 Å². The van der Waals surface area contributed by atoms with E-state index in [0.29, 0.717) is 86.8 Å². The van der Waals surface area contributed by atoms with Crippen molar-refractivity contribution in [2.75, 3.05) is 28.5 Å². The summed E-state index contributed by atoms with van der Waals surface area (Å²) in [5.41, 5.74) is 2.76. The number of ether oxygens (including phenoxy) is 3. The van der Waals surface area contributed by atoms with Crippen molar-refractivity contribution in [1.82, 2.24) is 24.8 Å². The molecular formula is C48H51ClN8O7S. The lowest BCUT2D eigenvalue weighted by atomic mass is 9.49. The van der Waals surface area contributed by atoms with Crippen LogP contribution in [0.4, 0.5) is 11.6 Å². The van der Waals surface area contributed by atoms with Crippen LogP contribution in [0.3, 0.4) is 0 Å². The number of nitriles is 1. The van der Waals surface area contributed by atoms with Gasteiger partial charge in [-0.25, -0.2) is 18.4 Å². The van der Waals surface area contributed by atoms with Gasteiger partial charge in [0.05, 0.1) is 34.6 Å². The number of rotatable bonds is 14. The number of H-pyrrole nitrogens is 1. The summed E-state index contributed by atoms with van der Waals surface area (Å²) >= 11 is 6.25. The minimum Gasteiger partial charge on any atom is -0.489 e. The molecule has 0 atom stereocenters. The molecule has 1 aliphatic heterocycles. The van der Waals surface area contributed by atoms with E-state index >= 15 is 0 Å². The first kappa shape index (κ1) is 45.2.